The van der Waals surface area contributed by atoms with E-state index in [1.54, 1.807) is 18.2 Å². The number of ether oxygens (including phenoxy) is 1. The summed E-state index contributed by atoms with van der Waals surface area (Å²) in [6.45, 7) is 6.50. The molecule has 0 radical (unpaired) electrons. The third-order valence-electron chi connectivity index (χ3n) is 2.75. The number of nitrogens with one attached hydrogen (secondary N) is 1. The number of hydrogen-bond donors (Lipinski definition) is 1. The minimum Gasteiger partial charge on any atom is -0.494 e. The Hall–Kier alpha value is -2.30. The minimum atomic E-state index is -0.287. The van der Waals surface area contributed by atoms with Crippen molar-refractivity contribution in [3.05, 3.63) is 41.8 Å². The Morgan fingerprint density at radius 2 is 2.05 bits per heavy atom. The first kappa shape index (κ1) is 14.1. The van der Waals surface area contributed by atoms with Gasteiger partial charge in [0, 0.05) is 17.7 Å². The first-order valence-electron chi connectivity index (χ1n) is 6.61. The Labute approximate surface area is 117 Å². The van der Waals surface area contributed by atoms with Gasteiger partial charge >= 0.3 is 0 Å². The SMILES string of the molecule is CCOc1ccc(NC(=O)c2cc(C(C)C)on2)cc1. The van der Waals surface area contributed by atoms with Crippen molar-refractivity contribution in [2.45, 2.75) is 26.7 Å². The Bertz CT molecular complexity index is 573. The van der Waals surface area contributed by atoms with Crippen LogP contribution in [0, 0.1) is 0 Å². The minimum absolute atomic E-state index is 0.203. The molecule has 0 spiro atoms. The number of aromatic nitrogens is 1. The highest BCUT2D eigenvalue weighted by Crippen LogP contribution is 2.18. The predicted octanol–water partition coefficient (Wildman–Crippen LogP) is 3.45. The van der Waals surface area contributed by atoms with Crippen LogP contribution in [0.2, 0.25) is 0 Å². The molecular formula is C15H18N2O3. The molecule has 2 aromatic rings. The van der Waals surface area contributed by atoms with Gasteiger partial charge in [0.1, 0.15) is 11.5 Å². The molecule has 0 bridgehead atoms. The van der Waals surface area contributed by atoms with Gasteiger partial charge in [-0.1, -0.05) is 19.0 Å². The summed E-state index contributed by atoms with van der Waals surface area (Å²) < 4.78 is 10.4. The molecule has 0 aliphatic rings. The first-order valence-corrected chi connectivity index (χ1v) is 6.61. The fourth-order valence-corrected chi connectivity index (χ4v) is 1.66. The maximum Gasteiger partial charge on any atom is 0.277 e. The highest BCUT2D eigenvalue weighted by atomic mass is 16.5. The van der Waals surface area contributed by atoms with Gasteiger partial charge in [0.2, 0.25) is 0 Å². The molecule has 0 aliphatic carbocycles. The summed E-state index contributed by atoms with van der Waals surface area (Å²) in [5.41, 5.74) is 0.968. The third-order valence-corrected chi connectivity index (χ3v) is 2.75. The highest BCUT2D eigenvalue weighted by Gasteiger charge is 2.14. The molecule has 5 nitrogen and oxygen atoms in total. The zero-order valence-corrected chi connectivity index (χ0v) is 11.8. The molecule has 20 heavy (non-hydrogen) atoms. The van der Waals surface area contributed by atoms with E-state index in [2.05, 4.69) is 10.5 Å². The fraction of sp³-hybridized carbons (Fsp3) is 0.333. The van der Waals surface area contributed by atoms with Crippen LogP contribution in [0.15, 0.2) is 34.9 Å². The largest absolute Gasteiger partial charge is 0.494 e. The van der Waals surface area contributed by atoms with Gasteiger partial charge in [-0.2, -0.15) is 0 Å². The van der Waals surface area contributed by atoms with Crippen LogP contribution in [0.5, 0.6) is 5.75 Å². The summed E-state index contributed by atoms with van der Waals surface area (Å²) in [5, 5.41) is 6.53. The number of nitrogens with zero attached hydrogens (tertiary/aromatic N) is 1. The van der Waals surface area contributed by atoms with Gasteiger partial charge in [0.15, 0.2) is 5.69 Å². The monoisotopic (exact) mass is 274 g/mol. The molecule has 0 fully saturated rings. The van der Waals surface area contributed by atoms with Crippen molar-refractivity contribution in [2.75, 3.05) is 11.9 Å². The number of benzene rings is 1. The number of anilines is 1. The molecule has 106 valence electrons. The van der Waals surface area contributed by atoms with Crippen molar-refractivity contribution in [2.24, 2.45) is 0 Å². The average Bonchev–Trinajstić information content (AvgIpc) is 2.91. The van der Waals surface area contributed by atoms with Crippen LogP contribution in [0.25, 0.3) is 0 Å². The Kier molecular flexibility index (Phi) is 4.40. The summed E-state index contributed by atoms with van der Waals surface area (Å²) in [6.07, 6.45) is 0. The van der Waals surface area contributed by atoms with Crippen molar-refractivity contribution in [1.82, 2.24) is 5.16 Å². The van der Waals surface area contributed by atoms with E-state index in [-0.39, 0.29) is 17.5 Å². The molecule has 1 heterocycles. The molecule has 0 aliphatic heterocycles. The second kappa shape index (κ2) is 6.23. The Morgan fingerprint density at radius 3 is 2.60 bits per heavy atom. The molecule has 1 N–H and O–H groups in total. The quantitative estimate of drug-likeness (QED) is 0.907. The molecule has 5 heteroatoms. The van der Waals surface area contributed by atoms with E-state index >= 15 is 0 Å². The topological polar surface area (TPSA) is 64.4 Å². The highest BCUT2D eigenvalue weighted by molar-refractivity contribution is 6.02. The van der Waals surface area contributed by atoms with Crippen LogP contribution < -0.4 is 10.1 Å². The lowest BCUT2D eigenvalue weighted by Gasteiger charge is -2.05. The summed E-state index contributed by atoms with van der Waals surface area (Å²) in [6, 6.07) is 8.84. The van der Waals surface area contributed by atoms with Crippen LogP contribution in [-0.2, 0) is 0 Å². The van der Waals surface area contributed by atoms with Crippen LogP contribution in [0.1, 0.15) is 42.9 Å². The Morgan fingerprint density at radius 1 is 1.35 bits per heavy atom. The molecule has 1 aromatic heterocycles. The van der Waals surface area contributed by atoms with Gasteiger partial charge in [-0.05, 0) is 31.2 Å². The lowest BCUT2D eigenvalue weighted by Crippen LogP contribution is -2.12. The predicted molar refractivity (Wildman–Crippen MR) is 76.2 cm³/mol. The smallest absolute Gasteiger partial charge is 0.277 e. The van der Waals surface area contributed by atoms with Crippen LogP contribution in [0.4, 0.5) is 5.69 Å². The van der Waals surface area contributed by atoms with Gasteiger partial charge in [0.05, 0.1) is 6.61 Å². The van der Waals surface area contributed by atoms with Crippen molar-refractivity contribution < 1.29 is 14.1 Å². The molecule has 0 saturated heterocycles. The number of carbonyl (C=O) groups excluding carboxylic acids is 1. The Balaban J connectivity index is 2.03. The van der Waals surface area contributed by atoms with Gasteiger partial charge in [-0.3, -0.25) is 4.79 Å². The van der Waals surface area contributed by atoms with Gasteiger partial charge in [-0.15, -0.1) is 0 Å². The van der Waals surface area contributed by atoms with E-state index < -0.39 is 0 Å². The lowest BCUT2D eigenvalue weighted by molar-refractivity contribution is 0.101. The maximum absolute atomic E-state index is 12.0. The van der Waals surface area contributed by atoms with Crippen molar-refractivity contribution in [1.29, 1.82) is 0 Å². The molecule has 0 saturated carbocycles. The van der Waals surface area contributed by atoms with E-state index in [1.807, 2.05) is 32.9 Å². The number of amides is 1. The van der Waals surface area contributed by atoms with E-state index in [9.17, 15) is 4.79 Å². The van der Waals surface area contributed by atoms with Crippen LogP contribution in [0.3, 0.4) is 0 Å². The normalized spacial score (nSPS) is 10.6. The third kappa shape index (κ3) is 3.38. The van der Waals surface area contributed by atoms with E-state index in [0.29, 0.717) is 18.1 Å². The van der Waals surface area contributed by atoms with Gasteiger partial charge in [-0.25, -0.2) is 0 Å². The van der Waals surface area contributed by atoms with Crippen molar-refractivity contribution in [3.63, 3.8) is 0 Å². The standard InChI is InChI=1S/C15H18N2O3/c1-4-19-12-7-5-11(6-8-12)16-15(18)13-9-14(10(2)3)20-17-13/h5-10H,4H2,1-3H3,(H,16,18). The second-order valence-electron chi connectivity index (χ2n) is 4.68. The van der Waals surface area contributed by atoms with Gasteiger partial charge in [0.25, 0.3) is 5.91 Å². The van der Waals surface area contributed by atoms with E-state index in [4.69, 9.17) is 9.26 Å². The second-order valence-corrected chi connectivity index (χ2v) is 4.68. The van der Waals surface area contributed by atoms with Crippen molar-refractivity contribution in [3.8, 4) is 5.75 Å². The zero-order valence-electron chi connectivity index (χ0n) is 11.8. The molecule has 1 amide bonds. The number of rotatable bonds is 5. The first-order chi connectivity index (χ1) is 9.60. The number of hydrogen-bond acceptors (Lipinski definition) is 4. The summed E-state index contributed by atoms with van der Waals surface area (Å²) in [4.78, 5) is 12.0. The average molecular weight is 274 g/mol. The zero-order chi connectivity index (χ0) is 14.5. The van der Waals surface area contributed by atoms with Gasteiger partial charge < -0.3 is 14.6 Å². The molecular weight excluding hydrogens is 256 g/mol. The molecule has 1 aromatic carbocycles. The van der Waals surface area contributed by atoms with Crippen LogP contribution >= 0.6 is 0 Å². The van der Waals surface area contributed by atoms with E-state index in [0.717, 1.165) is 5.75 Å². The summed E-state index contributed by atoms with van der Waals surface area (Å²) in [5.74, 6) is 1.38. The molecule has 2 rings (SSSR count). The van der Waals surface area contributed by atoms with E-state index in [1.165, 1.54) is 0 Å². The fourth-order valence-electron chi connectivity index (χ4n) is 1.66. The number of carbonyl (C=O) groups is 1. The summed E-state index contributed by atoms with van der Waals surface area (Å²) in [7, 11) is 0. The molecule has 0 unspecified atom stereocenters. The maximum atomic E-state index is 12.0. The summed E-state index contributed by atoms with van der Waals surface area (Å²) >= 11 is 0. The lowest BCUT2D eigenvalue weighted by atomic mass is 10.1. The van der Waals surface area contributed by atoms with Crippen molar-refractivity contribution >= 4 is 11.6 Å². The molecule has 0 atom stereocenters. The van der Waals surface area contributed by atoms with Crippen LogP contribution in [-0.4, -0.2) is 17.7 Å².